The van der Waals surface area contributed by atoms with Gasteiger partial charge in [0.05, 0.1) is 5.92 Å². The van der Waals surface area contributed by atoms with Crippen molar-refractivity contribution in [1.29, 1.82) is 0 Å². The number of esters is 2. The number of rotatable bonds is 7. The van der Waals surface area contributed by atoms with Crippen molar-refractivity contribution in [3.05, 3.63) is 36.0 Å². The highest BCUT2D eigenvalue weighted by atomic mass is 127. The monoisotopic (exact) mass is 524 g/mol. The number of fused-ring (bicyclic) bond motifs is 2. The van der Waals surface area contributed by atoms with Crippen LogP contribution in [0.15, 0.2) is 36.0 Å². The van der Waals surface area contributed by atoms with Crippen molar-refractivity contribution in [2.75, 3.05) is 4.43 Å². The fourth-order valence-corrected chi connectivity index (χ4v) is 7.23. The fourth-order valence-electron chi connectivity index (χ4n) is 6.11. The molecule has 1 heterocycles. The van der Waals surface area contributed by atoms with Crippen molar-refractivity contribution < 1.29 is 19.1 Å². The van der Waals surface area contributed by atoms with Crippen LogP contribution in [0.2, 0.25) is 0 Å². The first-order chi connectivity index (χ1) is 14.5. The lowest BCUT2D eigenvalue weighted by Crippen LogP contribution is -2.43. The number of ether oxygens (including phenoxy) is 2. The number of alkyl halides is 1. The maximum atomic E-state index is 12.8. The van der Waals surface area contributed by atoms with E-state index in [1.165, 1.54) is 11.6 Å². The van der Waals surface area contributed by atoms with E-state index in [2.05, 4.69) is 54.7 Å². The predicted octanol–water partition coefficient (Wildman–Crippen LogP) is 5.56. The average molecular weight is 524 g/mol. The van der Waals surface area contributed by atoms with Gasteiger partial charge in [-0.05, 0) is 61.3 Å². The molecule has 6 atom stereocenters. The first-order valence-electron chi connectivity index (χ1n) is 11.5. The molecule has 1 fully saturated rings. The molecule has 5 heteroatoms. The Hall–Kier alpha value is -1.11. The maximum Gasteiger partial charge on any atom is 0.330 e. The minimum atomic E-state index is -0.217. The van der Waals surface area contributed by atoms with Crippen LogP contribution in [0.25, 0.3) is 0 Å². The Kier molecular flexibility index (Phi) is 6.76. The average Bonchev–Trinajstić information content (AvgIpc) is 3.42. The smallest absolute Gasteiger partial charge is 0.330 e. The number of carbonyl (C=O) groups is 2. The van der Waals surface area contributed by atoms with Gasteiger partial charge in [0.1, 0.15) is 12.2 Å². The summed E-state index contributed by atoms with van der Waals surface area (Å²) in [5, 5.41) is 0. The van der Waals surface area contributed by atoms with Gasteiger partial charge in [-0.2, -0.15) is 0 Å². The molecule has 3 aliphatic carbocycles. The zero-order chi connectivity index (χ0) is 21.3. The van der Waals surface area contributed by atoms with E-state index < -0.39 is 0 Å². The Morgan fingerprint density at radius 2 is 2.13 bits per heavy atom. The van der Waals surface area contributed by atoms with E-state index in [0.717, 1.165) is 49.4 Å². The summed E-state index contributed by atoms with van der Waals surface area (Å²) < 4.78 is 12.9. The molecule has 3 unspecified atom stereocenters. The summed E-state index contributed by atoms with van der Waals surface area (Å²) in [6.45, 7) is 4.13. The molecule has 0 aromatic heterocycles. The van der Waals surface area contributed by atoms with Crippen molar-refractivity contribution in [3.63, 3.8) is 0 Å². The summed E-state index contributed by atoms with van der Waals surface area (Å²) in [5.41, 5.74) is 1.49. The van der Waals surface area contributed by atoms with Crippen LogP contribution >= 0.6 is 22.6 Å². The summed E-state index contributed by atoms with van der Waals surface area (Å²) in [6.07, 6.45) is 16.8. The van der Waals surface area contributed by atoms with E-state index in [-0.39, 0.29) is 41.4 Å². The molecule has 0 N–H and O–H groups in total. The molecule has 0 aromatic carbocycles. The lowest BCUT2D eigenvalue weighted by atomic mass is 9.64. The highest BCUT2D eigenvalue weighted by Gasteiger charge is 2.66. The van der Waals surface area contributed by atoms with E-state index in [9.17, 15) is 9.59 Å². The van der Waals surface area contributed by atoms with Gasteiger partial charge in [-0.1, -0.05) is 60.7 Å². The van der Waals surface area contributed by atoms with Crippen LogP contribution in [0, 0.1) is 29.1 Å². The van der Waals surface area contributed by atoms with Crippen molar-refractivity contribution in [3.8, 4) is 0 Å². The molecular weight excluding hydrogens is 491 g/mol. The minimum Gasteiger partial charge on any atom is -0.461 e. The van der Waals surface area contributed by atoms with Crippen molar-refractivity contribution in [2.24, 2.45) is 29.1 Å². The number of hydrogen-bond donors (Lipinski definition) is 0. The van der Waals surface area contributed by atoms with Gasteiger partial charge < -0.3 is 9.47 Å². The summed E-state index contributed by atoms with van der Waals surface area (Å²) in [6, 6.07) is 0. The Bertz CT molecular complexity index is 765. The van der Waals surface area contributed by atoms with Crippen LogP contribution in [0.3, 0.4) is 0 Å². The van der Waals surface area contributed by atoms with Gasteiger partial charge in [0.25, 0.3) is 0 Å². The topological polar surface area (TPSA) is 52.6 Å². The Balaban J connectivity index is 1.56. The third-order valence-corrected chi connectivity index (χ3v) is 8.74. The molecule has 164 valence electrons. The molecule has 4 nitrogen and oxygen atoms in total. The second-order valence-corrected chi connectivity index (χ2v) is 10.2. The van der Waals surface area contributed by atoms with Crippen molar-refractivity contribution in [2.45, 2.75) is 71.0 Å². The second kappa shape index (κ2) is 9.17. The molecule has 4 rings (SSSR count). The maximum absolute atomic E-state index is 12.8. The second-order valence-electron chi connectivity index (χ2n) is 9.31. The van der Waals surface area contributed by atoms with Gasteiger partial charge in [-0.3, -0.25) is 4.79 Å². The predicted molar refractivity (Wildman–Crippen MR) is 125 cm³/mol. The van der Waals surface area contributed by atoms with Gasteiger partial charge in [-0.15, -0.1) is 0 Å². The van der Waals surface area contributed by atoms with Gasteiger partial charge in [0, 0.05) is 22.8 Å². The van der Waals surface area contributed by atoms with Crippen LogP contribution < -0.4 is 0 Å². The van der Waals surface area contributed by atoms with Gasteiger partial charge in [0.2, 0.25) is 0 Å². The summed E-state index contributed by atoms with van der Waals surface area (Å²) in [7, 11) is 0. The highest BCUT2D eigenvalue weighted by molar-refractivity contribution is 14.1. The van der Waals surface area contributed by atoms with Gasteiger partial charge >= 0.3 is 11.9 Å². The zero-order valence-electron chi connectivity index (χ0n) is 18.0. The van der Waals surface area contributed by atoms with E-state index in [1.807, 2.05) is 6.08 Å². The van der Waals surface area contributed by atoms with Crippen molar-refractivity contribution in [1.82, 2.24) is 0 Å². The van der Waals surface area contributed by atoms with Crippen LogP contribution in [-0.2, 0) is 19.1 Å². The van der Waals surface area contributed by atoms with E-state index in [1.54, 1.807) is 0 Å². The zero-order valence-corrected chi connectivity index (χ0v) is 20.2. The molecule has 0 aromatic rings. The van der Waals surface area contributed by atoms with Crippen molar-refractivity contribution >= 4 is 34.5 Å². The molecule has 0 bridgehead atoms. The van der Waals surface area contributed by atoms with Gasteiger partial charge in [0.15, 0.2) is 0 Å². The SMILES string of the molecule is CCC(CC)C(=O)O[C@H]1CCC=C2C=C[C@H](CI)C3(CC3C[C@@H]3CC=CC(=O)O3)C21. The molecule has 0 radical (unpaired) electrons. The Morgan fingerprint density at radius 1 is 1.33 bits per heavy atom. The van der Waals surface area contributed by atoms with Gasteiger partial charge in [-0.25, -0.2) is 4.79 Å². The molecule has 30 heavy (non-hydrogen) atoms. The lowest BCUT2D eigenvalue weighted by molar-refractivity contribution is -0.159. The van der Waals surface area contributed by atoms with Crippen LogP contribution in [-0.4, -0.2) is 28.6 Å². The van der Waals surface area contributed by atoms with E-state index in [0.29, 0.717) is 11.8 Å². The molecule has 1 aliphatic heterocycles. The standard InChI is InChI=1S/C25H33IO4/c1-3-16(4-2)24(28)30-21-9-5-7-17-11-12-18(15-26)25(23(17)21)14-19(25)13-20-8-6-10-22(27)29-20/h6-7,10-12,16,18-21,23H,3-5,8-9,13-15H2,1-2H3/t18-,19?,20+,21+,23?,25?/m1/s1. The quantitative estimate of drug-likeness (QED) is 0.249. The Morgan fingerprint density at radius 3 is 2.83 bits per heavy atom. The van der Waals surface area contributed by atoms with Crippen LogP contribution in [0.4, 0.5) is 0 Å². The number of allylic oxidation sites excluding steroid dienone is 3. The number of halogens is 1. The summed E-state index contributed by atoms with van der Waals surface area (Å²) in [5.74, 6) is 1.02. The minimum absolute atomic E-state index is 0.00162. The summed E-state index contributed by atoms with van der Waals surface area (Å²) in [4.78, 5) is 24.5. The molecule has 1 saturated carbocycles. The molecule has 1 spiro atoms. The number of hydrogen-bond acceptors (Lipinski definition) is 4. The van der Waals surface area contributed by atoms with Crippen LogP contribution in [0.5, 0.6) is 0 Å². The molecule has 4 aliphatic rings. The van der Waals surface area contributed by atoms with E-state index >= 15 is 0 Å². The number of cyclic esters (lactones) is 1. The normalized spacial score (nSPS) is 37.0. The number of carbonyl (C=O) groups excluding carboxylic acids is 2. The lowest BCUT2D eigenvalue weighted by Gasteiger charge is -2.44. The molecule has 0 saturated heterocycles. The Labute approximate surface area is 193 Å². The molecule has 0 amide bonds. The van der Waals surface area contributed by atoms with Crippen LogP contribution in [0.1, 0.15) is 58.8 Å². The highest BCUT2D eigenvalue weighted by Crippen LogP contribution is 2.70. The fraction of sp³-hybridized carbons (Fsp3) is 0.680. The van der Waals surface area contributed by atoms with E-state index in [4.69, 9.17) is 9.47 Å². The molecular formula is C25H33IO4. The first kappa shape index (κ1) is 22.1. The first-order valence-corrected chi connectivity index (χ1v) is 13.1. The summed E-state index contributed by atoms with van der Waals surface area (Å²) >= 11 is 2.50. The third-order valence-electron chi connectivity index (χ3n) is 7.79. The third kappa shape index (κ3) is 4.03. The largest absolute Gasteiger partial charge is 0.461 e.